The molecule has 0 aliphatic rings. The van der Waals surface area contributed by atoms with Crippen LogP contribution in [0.1, 0.15) is 35.6 Å². The highest BCUT2D eigenvalue weighted by Gasteiger charge is 2.15. The highest BCUT2D eigenvalue weighted by molar-refractivity contribution is 6.00. The zero-order valence-electron chi connectivity index (χ0n) is 21.4. The van der Waals surface area contributed by atoms with Gasteiger partial charge in [0, 0.05) is 29.9 Å². The van der Waals surface area contributed by atoms with E-state index in [4.69, 9.17) is 5.11 Å². The fourth-order valence-electron chi connectivity index (χ4n) is 4.75. The average Bonchev–Trinajstić information content (AvgIpc) is 3.43. The van der Waals surface area contributed by atoms with Crippen molar-refractivity contribution in [2.75, 3.05) is 11.9 Å². The van der Waals surface area contributed by atoms with E-state index in [-0.39, 0.29) is 0 Å². The lowest BCUT2D eigenvalue weighted by Crippen LogP contribution is -2.09. The fourth-order valence-corrected chi connectivity index (χ4v) is 4.75. The molecular weight excluding hydrogens is 470 g/mol. The van der Waals surface area contributed by atoms with Gasteiger partial charge in [0.2, 0.25) is 0 Å². The summed E-state index contributed by atoms with van der Waals surface area (Å²) in [6.45, 7) is 2.18. The van der Waals surface area contributed by atoms with Gasteiger partial charge in [-0.25, -0.2) is 4.79 Å². The van der Waals surface area contributed by atoms with Crippen LogP contribution in [-0.2, 0) is 4.79 Å². The first-order valence-corrected chi connectivity index (χ1v) is 12.6. The first-order chi connectivity index (χ1) is 18.5. The second-order valence-electron chi connectivity index (χ2n) is 9.11. The Morgan fingerprint density at radius 3 is 2.21 bits per heavy atom. The number of rotatable bonds is 8. The molecular formula is C33H29N3O2. The smallest absolute Gasteiger partial charge is 0.328 e. The van der Waals surface area contributed by atoms with Crippen LogP contribution < -0.4 is 4.90 Å². The van der Waals surface area contributed by atoms with Crippen molar-refractivity contribution < 1.29 is 9.90 Å². The van der Waals surface area contributed by atoms with Crippen molar-refractivity contribution in [2.45, 2.75) is 13.3 Å². The number of nitrogens with zero attached hydrogens (tertiary/aromatic N) is 2. The maximum Gasteiger partial charge on any atom is 0.328 e. The van der Waals surface area contributed by atoms with Gasteiger partial charge in [-0.2, -0.15) is 5.10 Å². The molecule has 0 atom stereocenters. The zero-order chi connectivity index (χ0) is 26.5. The number of aromatic amines is 1. The van der Waals surface area contributed by atoms with Crippen LogP contribution in [0, 0.1) is 0 Å². The second-order valence-corrected chi connectivity index (χ2v) is 9.11. The Balaban J connectivity index is 1.60. The molecule has 5 nitrogen and oxygen atoms in total. The number of carboxylic acid groups (broad SMARTS) is 1. The molecule has 38 heavy (non-hydrogen) atoms. The van der Waals surface area contributed by atoms with Crippen molar-refractivity contribution >= 4 is 45.5 Å². The lowest BCUT2D eigenvalue weighted by Gasteiger charge is -2.21. The molecule has 5 aromatic rings. The fraction of sp³-hybridized carbons (Fsp3) is 0.0909. The Morgan fingerprint density at radius 1 is 0.868 bits per heavy atom. The van der Waals surface area contributed by atoms with Crippen LogP contribution in [0.15, 0.2) is 109 Å². The van der Waals surface area contributed by atoms with Gasteiger partial charge in [-0.1, -0.05) is 67.6 Å². The van der Waals surface area contributed by atoms with Crippen LogP contribution in [0.3, 0.4) is 0 Å². The molecule has 1 heterocycles. The van der Waals surface area contributed by atoms with Gasteiger partial charge in [-0.15, -0.1) is 0 Å². The first-order valence-electron chi connectivity index (χ1n) is 12.6. The summed E-state index contributed by atoms with van der Waals surface area (Å²) in [7, 11) is 2.08. The van der Waals surface area contributed by atoms with Crippen molar-refractivity contribution in [3.05, 3.63) is 132 Å². The third kappa shape index (κ3) is 5.27. The summed E-state index contributed by atoms with van der Waals surface area (Å²) in [5.74, 6) is -0.960. The van der Waals surface area contributed by atoms with Gasteiger partial charge < -0.3 is 10.0 Å². The van der Waals surface area contributed by atoms with Crippen LogP contribution in [0.5, 0.6) is 0 Å². The number of hydrogen-bond acceptors (Lipinski definition) is 3. The van der Waals surface area contributed by atoms with E-state index in [1.807, 2.05) is 36.5 Å². The van der Waals surface area contributed by atoms with E-state index < -0.39 is 5.97 Å². The number of anilines is 2. The quantitative estimate of drug-likeness (QED) is 0.169. The number of fused-ring (bicyclic) bond motifs is 1. The molecule has 4 aromatic carbocycles. The predicted octanol–water partition coefficient (Wildman–Crippen LogP) is 7.80. The Bertz CT molecular complexity index is 1610. The summed E-state index contributed by atoms with van der Waals surface area (Å²) in [6.07, 6.45) is 5.45. The average molecular weight is 500 g/mol. The zero-order valence-corrected chi connectivity index (χ0v) is 21.4. The van der Waals surface area contributed by atoms with Gasteiger partial charge in [0.15, 0.2) is 0 Å². The van der Waals surface area contributed by atoms with E-state index in [0.717, 1.165) is 62.6 Å². The van der Waals surface area contributed by atoms with E-state index >= 15 is 0 Å². The van der Waals surface area contributed by atoms with Crippen molar-refractivity contribution in [2.24, 2.45) is 0 Å². The van der Waals surface area contributed by atoms with Crippen LogP contribution in [0.2, 0.25) is 0 Å². The third-order valence-corrected chi connectivity index (χ3v) is 6.75. The lowest BCUT2D eigenvalue weighted by atomic mass is 9.87. The lowest BCUT2D eigenvalue weighted by molar-refractivity contribution is -0.131. The van der Waals surface area contributed by atoms with Crippen LogP contribution in [-0.4, -0.2) is 28.3 Å². The maximum absolute atomic E-state index is 10.9. The molecule has 5 rings (SSSR count). The number of allylic oxidation sites excluding steroid dienone is 1. The number of aliphatic carboxylic acids is 1. The maximum atomic E-state index is 10.9. The van der Waals surface area contributed by atoms with Gasteiger partial charge in [0.1, 0.15) is 0 Å². The van der Waals surface area contributed by atoms with Crippen molar-refractivity contribution in [3.63, 3.8) is 0 Å². The minimum Gasteiger partial charge on any atom is -0.478 e. The molecule has 0 aliphatic carbocycles. The number of nitrogens with one attached hydrogen (secondary N) is 1. The number of H-pyrrole nitrogens is 1. The molecule has 0 unspecified atom stereocenters. The number of carboxylic acids is 1. The SMILES string of the molecule is CC/C(=C(/c1ccc(/C=C/C(=O)O)cc1)c1ccc2[nH]ncc2c1)c1ccc(N(C)c2ccccc2)cc1. The second kappa shape index (κ2) is 11.0. The van der Waals surface area contributed by atoms with Gasteiger partial charge in [-0.3, -0.25) is 5.10 Å². The topological polar surface area (TPSA) is 69.2 Å². The Labute approximate surface area is 222 Å². The van der Waals surface area contributed by atoms with E-state index in [0.29, 0.717) is 0 Å². The van der Waals surface area contributed by atoms with E-state index in [9.17, 15) is 4.79 Å². The summed E-state index contributed by atoms with van der Waals surface area (Å²) in [5.41, 5.74) is 9.81. The largest absolute Gasteiger partial charge is 0.478 e. The van der Waals surface area contributed by atoms with Gasteiger partial charge >= 0.3 is 5.97 Å². The number of aromatic nitrogens is 2. The summed E-state index contributed by atoms with van der Waals surface area (Å²) in [4.78, 5) is 13.1. The molecule has 5 heteroatoms. The predicted molar refractivity (Wildman–Crippen MR) is 156 cm³/mol. The van der Waals surface area contributed by atoms with Crippen LogP contribution in [0.4, 0.5) is 11.4 Å². The Hall–Kier alpha value is -4.90. The normalized spacial score (nSPS) is 12.1. The highest BCUT2D eigenvalue weighted by atomic mass is 16.4. The number of hydrogen-bond donors (Lipinski definition) is 2. The molecule has 188 valence electrons. The molecule has 0 fully saturated rings. The molecule has 0 radical (unpaired) electrons. The summed E-state index contributed by atoms with van der Waals surface area (Å²) in [5, 5.41) is 17.3. The van der Waals surface area contributed by atoms with Crippen LogP contribution in [0.25, 0.3) is 28.1 Å². The molecule has 2 N–H and O–H groups in total. The first kappa shape index (κ1) is 24.8. The Kier molecular flexibility index (Phi) is 7.18. The van der Waals surface area contributed by atoms with Crippen molar-refractivity contribution in [3.8, 4) is 0 Å². The minimum atomic E-state index is -0.960. The standard InChI is InChI=1S/C33H29N3O2/c1-3-30(24-14-17-29(18-15-24)36(2)28-7-5-4-6-8-28)33(26-16-19-31-27(21-26)22-34-35-31)25-12-9-23(10-13-25)11-20-32(37)38/h4-22H,3H2,1-2H3,(H,34,35)(H,37,38)/b20-11+,33-30+. The van der Waals surface area contributed by atoms with E-state index in [2.05, 4.69) is 95.8 Å². The molecule has 0 saturated heterocycles. The van der Waals surface area contributed by atoms with Crippen molar-refractivity contribution in [1.82, 2.24) is 10.2 Å². The molecule has 0 bridgehead atoms. The molecule has 0 aliphatic heterocycles. The third-order valence-electron chi connectivity index (χ3n) is 6.75. The summed E-state index contributed by atoms with van der Waals surface area (Å²) in [6, 6.07) is 33.4. The molecule has 0 saturated carbocycles. The van der Waals surface area contributed by atoms with Gasteiger partial charge in [0.05, 0.1) is 11.7 Å². The van der Waals surface area contributed by atoms with Crippen molar-refractivity contribution in [1.29, 1.82) is 0 Å². The van der Waals surface area contributed by atoms with E-state index in [1.165, 1.54) is 5.57 Å². The Morgan fingerprint density at radius 2 is 1.53 bits per heavy atom. The minimum absolute atomic E-state index is 0.840. The monoisotopic (exact) mass is 499 g/mol. The molecule has 0 spiro atoms. The van der Waals surface area contributed by atoms with Gasteiger partial charge in [-0.05, 0) is 82.3 Å². The molecule has 1 aromatic heterocycles. The number of benzene rings is 4. The van der Waals surface area contributed by atoms with Gasteiger partial charge in [0.25, 0.3) is 0 Å². The van der Waals surface area contributed by atoms with Crippen LogP contribution >= 0.6 is 0 Å². The van der Waals surface area contributed by atoms with E-state index in [1.54, 1.807) is 6.08 Å². The number of para-hydroxylation sites is 1. The number of carbonyl (C=O) groups is 1. The highest BCUT2D eigenvalue weighted by Crippen LogP contribution is 2.36. The summed E-state index contributed by atoms with van der Waals surface area (Å²) < 4.78 is 0. The summed E-state index contributed by atoms with van der Waals surface area (Å²) >= 11 is 0. The molecule has 0 amide bonds.